The highest BCUT2D eigenvalue weighted by molar-refractivity contribution is 6.17. The van der Waals surface area contributed by atoms with Crippen molar-refractivity contribution in [2.24, 2.45) is 10.2 Å². The summed E-state index contributed by atoms with van der Waals surface area (Å²) in [6.07, 6.45) is 0.723. The second kappa shape index (κ2) is 9.36. The number of rotatable bonds is 6. The lowest BCUT2D eigenvalue weighted by Gasteiger charge is -2.18. The van der Waals surface area contributed by atoms with Crippen LogP contribution in [0.1, 0.15) is 56.7 Å². The number of hydrogen-bond donors (Lipinski definition) is 2. The van der Waals surface area contributed by atoms with Crippen molar-refractivity contribution in [1.82, 2.24) is 0 Å². The fourth-order valence-electron chi connectivity index (χ4n) is 3.53. The van der Waals surface area contributed by atoms with Crippen LogP contribution in [-0.2, 0) is 0 Å². The minimum absolute atomic E-state index is 0.144. The Labute approximate surface area is 176 Å². The van der Waals surface area contributed by atoms with Gasteiger partial charge in [0, 0.05) is 17.0 Å². The van der Waals surface area contributed by atoms with Crippen LogP contribution in [0.5, 0.6) is 23.0 Å². The van der Waals surface area contributed by atoms with Gasteiger partial charge in [-0.15, -0.1) is 10.2 Å². The average molecular weight is 406 g/mol. The lowest BCUT2D eigenvalue weighted by atomic mass is 9.85. The van der Waals surface area contributed by atoms with E-state index in [0.29, 0.717) is 41.7 Å². The SMILES string of the molecule is CC#CC1=NN=C(c2ccc(OCC)c(OCC)c2)c2cc(O)c(O)cc2[C@H]1CC. The number of benzene rings is 2. The zero-order valence-electron chi connectivity index (χ0n) is 17.7. The van der Waals surface area contributed by atoms with Gasteiger partial charge in [0.05, 0.1) is 13.2 Å². The molecule has 1 aliphatic rings. The first-order valence-electron chi connectivity index (χ1n) is 10.1. The van der Waals surface area contributed by atoms with Crippen LogP contribution in [0.25, 0.3) is 0 Å². The average Bonchev–Trinajstić information content (AvgIpc) is 2.87. The Morgan fingerprint density at radius 2 is 1.63 bits per heavy atom. The van der Waals surface area contributed by atoms with Crippen molar-refractivity contribution < 1.29 is 19.7 Å². The number of nitrogens with zero attached hydrogens (tertiary/aromatic N) is 2. The maximum Gasteiger partial charge on any atom is 0.161 e. The zero-order valence-corrected chi connectivity index (χ0v) is 17.7. The summed E-state index contributed by atoms with van der Waals surface area (Å²) in [5.41, 5.74) is 3.46. The zero-order chi connectivity index (χ0) is 21.7. The van der Waals surface area contributed by atoms with Crippen LogP contribution in [0, 0.1) is 11.8 Å². The van der Waals surface area contributed by atoms with Crippen LogP contribution in [0.2, 0.25) is 0 Å². The third-order valence-corrected chi connectivity index (χ3v) is 4.84. The van der Waals surface area contributed by atoms with Crippen LogP contribution in [0.15, 0.2) is 40.5 Å². The first kappa shape index (κ1) is 21.3. The molecule has 2 aromatic carbocycles. The van der Waals surface area contributed by atoms with Crippen molar-refractivity contribution in [3.05, 3.63) is 47.0 Å². The first-order chi connectivity index (χ1) is 14.5. The number of phenolic OH excluding ortho intramolecular Hbond substituents is 2. The van der Waals surface area contributed by atoms with E-state index in [4.69, 9.17) is 9.47 Å². The van der Waals surface area contributed by atoms with E-state index in [1.54, 1.807) is 13.0 Å². The molecule has 0 radical (unpaired) electrons. The molecule has 0 aromatic heterocycles. The molecular formula is C24H26N2O4. The first-order valence-corrected chi connectivity index (χ1v) is 10.1. The summed E-state index contributed by atoms with van der Waals surface area (Å²) in [6.45, 7) is 8.63. The second-order valence-electron chi connectivity index (χ2n) is 6.73. The van der Waals surface area contributed by atoms with Gasteiger partial charge in [-0.25, -0.2) is 0 Å². The van der Waals surface area contributed by atoms with E-state index in [2.05, 4.69) is 22.0 Å². The van der Waals surface area contributed by atoms with Gasteiger partial charge in [0.15, 0.2) is 23.0 Å². The van der Waals surface area contributed by atoms with E-state index in [-0.39, 0.29) is 17.4 Å². The summed E-state index contributed by atoms with van der Waals surface area (Å²) in [4.78, 5) is 0. The van der Waals surface area contributed by atoms with E-state index >= 15 is 0 Å². The van der Waals surface area contributed by atoms with Crippen molar-refractivity contribution in [2.75, 3.05) is 13.2 Å². The molecule has 2 N–H and O–H groups in total. The largest absolute Gasteiger partial charge is 0.504 e. The monoisotopic (exact) mass is 406 g/mol. The van der Waals surface area contributed by atoms with E-state index in [1.165, 1.54) is 6.07 Å². The molecular weight excluding hydrogens is 380 g/mol. The normalized spacial score (nSPS) is 15.1. The molecule has 2 aromatic rings. The van der Waals surface area contributed by atoms with Crippen LogP contribution < -0.4 is 9.47 Å². The molecule has 156 valence electrons. The Kier molecular flexibility index (Phi) is 6.63. The standard InChI is InChI=1S/C24H26N2O4/c1-5-9-19-16(6-2)17-13-20(27)21(28)14-18(17)24(26-25-19)15-10-11-22(29-7-3)23(12-15)30-8-4/h10-14,16,27-28H,6-8H2,1-4H3/t16-/m1/s1. The summed E-state index contributed by atoms with van der Waals surface area (Å²) in [5, 5.41) is 29.3. The number of hydrogen-bond acceptors (Lipinski definition) is 6. The maximum absolute atomic E-state index is 10.2. The summed E-state index contributed by atoms with van der Waals surface area (Å²) < 4.78 is 11.4. The Bertz CT molecular complexity index is 1060. The summed E-state index contributed by atoms with van der Waals surface area (Å²) in [7, 11) is 0. The number of fused-ring (bicyclic) bond motifs is 1. The molecule has 0 spiro atoms. The third kappa shape index (κ3) is 4.11. The highest BCUT2D eigenvalue weighted by Crippen LogP contribution is 2.38. The highest BCUT2D eigenvalue weighted by atomic mass is 16.5. The number of ether oxygens (including phenoxy) is 2. The minimum atomic E-state index is -0.211. The van der Waals surface area contributed by atoms with E-state index in [0.717, 1.165) is 17.5 Å². The molecule has 1 heterocycles. The smallest absolute Gasteiger partial charge is 0.161 e. The van der Waals surface area contributed by atoms with E-state index < -0.39 is 0 Å². The van der Waals surface area contributed by atoms with Gasteiger partial charge < -0.3 is 19.7 Å². The van der Waals surface area contributed by atoms with Gasteiger partial charge >= 0.3 is 0 Å². The van der Waals surface area contributed by atoms with Gasteiger partial charge in [-0.05, 0) is 69.0 Å². The Hall–Kier alpha value is -3.46. The summed E-state index contributed by atoms with van der Waals surface area (Å²) in [6, 6.07) is 8.68. The number of phenols is 2. The van der Waals surface area contributed by atoms with Crippen molar-refractivity contribution in [3.8, 4) is 34.8 Å². The van der Waals surface area contributed by atoms with Gasteiger partial charge in [-0.3, -0.25) is 0 Å². The maximum atomic E-state index is 10.2. The second-order valence-corrected chi connectivity index (χ2v) is 6.73. The van der Waals surface area contributed by atoms with Crippen molar-refractivity contribution in [3.63, 3.8) is 0 Å². The van der Waals surface area contributed by atoms with Gasteiger partial charge in [0.25, 0.3) is 0 Å². The van der Waals surface area contributed by atoms with Crippen molar-refractivity contribution in [1.29, 1.82) is 0 Å². The quantitative estimate of drug-likeness (QED) is 0.542. The van der Waals surface area contributed by atoms with Gasteiger partial charge in [-0.2, -0.15) is 0 Å². The molecule has 6 heteroatoms. The molecule has 0 unspecified atom stereocenters. The molecule has 30 heavy (non-hydrogen) atoms. The van der Waals surface area contributed by atoms with Crippen LogP contribution in [-0.4, -0.2) is 34.9 Å². The predicted molar refractivity (Wildman–Crippen MR) is 118 cm³/mol. The van der Waals surface area contributed by atoms with Crippen LogP contribution in [0.4, 0.5) is 0 Å². The fraction of sp³-hybridized carbons (Fsp3) is 0.333. The molecule has 6 nitrogen and oxygen atoms in total. The molecule has 1 atom stereocenters. The lowest BCUT2D eigenvalue weighted by Crippen LogP contribution is -2.13. The Balaban J connectivity index is 2.24. The molecule has 0 fully saturated rings. The van der Waals surface area contributed by atoms with Gasteiger partial charge in [0.1, 0.15) is 11.4 Å². The minimum Gasteiger partial charge on any atom is -0.504 e. The Morgan fingerprint density at radius 1 is 0.933 bits per heavy atom. The predicted octanol–water partition coefficient (Wildman–Crippen LogP) is 4.62. The van der Waals surface area contributed by atoms with Gasteiger partial charge in [0.2, 0.25) is 0 Å². The van der Waals surface area contributed by atoms with Crippen LogP contribution in [0.3, 0.4) is 0 Å². The van der Waals surface area contributed by atoms with Gasteiger partial charge in [-0.1, -0.05) is 12.8 Å². The molecule has 0 amide bonds. The molecule has 1 aliphatic heterocycles. The summed E-state index contributed by atoms with van der Waals surface area (Å²) in [5.74, 6) is 6.65. The number of aromatic hydroxyl groups is 2. The van der Waals surface area contributed by atoms with Crippen LogP contribution >= 0.6 is 0 Å². The molecule has 0 aliphatic carbocycles. The topological polar surface area (TPSA) is 83.6 Å². The third-order valence-electron chi connectivity index (χ3n) is 4.84. The van der Waals surface area contributed by atoms with Crippen molar-refractivity contribution >= 4 is 11.4 Å². The molecule has 0 saturated carbocycles. The Morgan fingerprint density at radius 3 is 2.30 bits per heavy atom. The molecule has 0 saturated heterocycles. The van der Waals surface area contributed by atoms with Crippen molar-refractivity contribution in [2.45, 2.75) is 40.0 Å². The fourth-order valence-corrected chi connectivity index (χ4v) is 3.53. The summed E-state index contributed by atoms with van der Waals surface area (Å²) >= 11 is 0. The van der Waals surface area contributed by atoms with E-state index in [9.17, 15) is 10.2 Å². The molecule has 0 bridgehead atoms. The highest BCUT2D eigenvalue weighted by Gasteiger charge is 2.27. The van der Waals surface area contributed by atoms with E-state index in [1.807, 2.05) is 39.0 Å². The molecule has 3 rings (SSSR count). The lowest BCUT2D eigenvalue weighted by molar-refractivity contribution is 0.288.